The largest absolute Gasteiger partial charge is 0.327 e. The number of nitrogens with zero attached hydrogens (tertiary/aromatic N) is 1. The maximum absolute atomic E-state index is 12.6. The summed E-state index contributed by atoms with van der Waals surface area (Å²) in [7, 11) is -3.47. The third-order valence-electron chi connectivity index (χ3n) is 4.41. The molecule has 3 rings (SSSR count). The van der Waals surface area contributed by atoms with Crippen LogP contribution >= 0.6 is 39.9 Å². The van der Waals surface area contributed by atoms with Crippen molar-refractivity contribution in [2.75, 3.05) is 13.1 Å². The first kappa shape index (κ1) is 17.5. The van der Waals surface area contributed by atoms with Gasteiger partial charge in [-0.15, -0.1) is 12.4 Å². The van der Waals surface area contributed by atoms with E-state index in [2.05, 4.69) is 15.9 Å². The average molecular weight is 416 g/mol. The lowest BCUT2D eigenvalue weighted by Gasteiger charge is -2.18. The van der Waals surface area contributed by atoms with Crippen LogP contribution in [0.25, 0.3) is 0 Å². The monoisotopic (exact) mass is 414 g/mol. The van der Waals surface area contributed by atoms with Crippen molar-refractivity contribution in [3.05, 3.63) is 27.7 Å². The third kappa shape index (κ3) is 3.12. The molecule has 118 valence electrons. The third-order valence-corrected chi connectivity index (χ3v) is 7.47. The van der Waals surface area contributed by atoms with E-state index in [0.29, 0.717) is 34.4 Å². The second kappa shape index (κ2) is 6.34. The zero-order chi connectivity index (χ0) is 14.5. The van der Waals surface area contributed by atoms with Gasteiger partial charge in [0.15, 0.2) is 0 Å². The van der Waals surface area contributed by atoms with E-state index in [1.165, 1.54) is 6.07 Å². The van der Waals surface area contributed by atoms with E-state index >= 15 is 0 Å². The Kier molecular flexibility index (Phi) is 5.28. The van der Waals surface area contributed by atoms with Crippen LogP contribution in [0.15, 0.2) is 27.6 Å². The van der Waals surface area contributed by atoms with E-state index in [9.17, 15) is 8.42 Å². The van der Waals surface area contributed by atoms with E-state index in [-0.39, 0.29) is 23.3 Å². The van der Waals surface area contributed by atoms with Gasteiger partial charge in [0.1, 0.15) is 0 Å². The predicted octanol–water partition coefficient (Wildman–Crippen LogP) is 2.88. The van der Waals surface area contributed by atoms with Crippen LogP contribution in [0.3, 0.4) is 0 Å². The summed E-state index contributed by atoms with van der Waals surface area (Å²) in [6, 6.07) is 4.88. The molecule has 2 fully saturated rings. The van der Waals surface area contributed by atoms with E-state index in [0.717, 1.165) is 12.8 Å². The van der Waals surface area contributed by atoms with Gasteiger partial charge >= 0.3 is 0 Å². The first-order valence-electron chi connectivity index (χ1n) is 6.60. The molecule has 0 bridgehead atoms. The molecule has 0 amide bonds. The molecule has 1 heterocycles. The Morgan fingerprint density at radius 3 is 2.62 bits per heavy atom. The van der Waals surface area contributed by atoms with Gasteiger partial charge in [-0.05, 0) is 58.8 Å². The number of fused-ring (bicyclic) bond motifs is 1. The molecule has 8 heteroatoms. The summed E-state index contributed by atoms with van der Waals surface area (Å²) < 4.78 is 27.5. The van der Waals surface area contributed by atoms with E-state index in [1.54, 1.807) is 16.4 Å². The Labute approximate surface area is 144 Å². The molecule has 1 aromatic carbocycles. The Balaban J connectivity index is 0.00000161. The Bertz CT molecular complexity index is 641. The minimum atomic E-state index is -3.47. The molecule has 2 aliphatic rings. The van der Waals surface area contributed by atoms with Crippen molar-refractivity contribution >= 4 is 50.0 Å². The van der Waals surface area contributed by atoms with Gasteiger partial charge < -0.3 is 5.73 Å². The first-order valence-corrected chi connectivity index (χ1v) is 9.21. The molecule has 1 aliphatic heterocycles. The highest BCUT2D eigenvalue weighted by Gasteiger charge is 2.45. The smallest absolute Gasteiger partial charge is 0.243 e. The Morgan fingerprint density at radius 2 is 2.00 bits per heavy atom. The SMILES string of the molecule is Cl.NC1CCC2CN(S(=O)(=O)c3ccc(Br)c(Cl)c3)CC12. The highest BCUT2D eigenvalue weighted by molar-refractivity contribution is 9.10. The van der Waals surface area contributed by atoms with Gasteiger partial charge in [-0.3, -0.25) is 0 Å². The molecule has 0 aromatic heterocycles. The summed E-state index contributed by atoms with van der Waals surface area (Å²) in [4.78, 5) is 0.249. The summed E-state index contributed by atoms with van der Waals surface area (Å²) in [5, 5.41) is 0.405. The van der Waals surface area contributed by atoms with Crippen molar-refractivity contribution in [3.8, 4) is 0 Å². The van der Waals surface area contributed by atoms with Crippen LogP contribution in [0.1, 0.15) is 12.8 Å². The van der Waals surface area contributed by atoms with Gasteiger partial charge in [-0.2, -0.15) is 4.31 Å². The zero-order valence-electron chi connectivity index (χ0n) is 11.2. The molecule has 3 unspecified atom stereocenters. The number of sulfonamides is 1. The summed E-state index contributed by atoms with van der Waals surface area (Å²) in [5.74, 6) is 0.710. The molecule has 0 radical (unpaired) electrons. The van der Waals surface area contributed by atoms with Crippen molar-refractivity contribution in [1.82, 2.24) is 4.31 Å². The van der Waals surface area contributed by atoms with Crippen LogP contribution in [0.5, 0.6) is 0 Å². The number of benzene rings is 1. The van der Waals surface area contributed by atoms with Gasteiger partial charge in [0.2, 0.25) is 10.0 Å². The van der Waals surface area contributed by atoms with Crippen molar-refractivity contribution in [3.63, 3.8) is 0 Å². The van der Waals surface area contributed by atoms with E-state index in [4.69, 9.17) is 17.3 Å². The van der Waals surface area contributed by atoms with Crippen LogP contribution < -0.4 is 5.73 Å². The highest BCUT2D eigenvalue weighted by Crippen LogP contribution is 2.39. The predicted molar refractivity (Wildman–Crippen MR) is 89.3 cm³/mol. The van der Waals surface area contributed by atoms with Crippen LogP contribution in [-0.4, -0.2) is 31.9 Å². The zero-order valence-corrected chi connectivity index (χ0v) is 15.2. The van der Waals surface area contributed by atoms with Crippen molar-refractivity contribution in [2.24, 2.45) is 17.6 Å². The molecular weight excluding hydrogens is 399 g/mol. The fourth-order valence-electron chi connectivity index (χ4n) is 3.25. The van der Waals surface area contributed by atoms with Gasteiger partial charge in [0.25, 0.3) is 0 Å². The molecule has 1 saturated carbocycles. The van der Waals surface area contributed by atoms with Crippen molar-refractivity contribution in [1.29, 1.82) is 0 Å². The molecule has 2 N–H and O–H groups in total. The summed E-state index contributed by atoms with van der Waals surface area (Å²) >= 11 is 9.27. The molecule has 1 saturated heterocycles. The molecule has 21 heavy (non-hydrogen) atoms. The number of halogens is 3. The van der Waals surface area contributed by atoms with Crippen molar-refractivity contribution < 1.29 is 8.42 Å². The minimum Gasteiger partial charge on any atom is -0.327 e. The number of hydrogen-bond donors (Lipinski definition) is 1. The van der Waals surface area contributed by atoms with Crippen LogP contribution in [0.4, 0.5) is 0 Å². The van der Waals surface area contributed by atoms with E-state index in [1.807, 2.05) is 0 Å². The van der Waals surface area contributed by atoms with Gasteiger partial charge in [0, 0.05) is 23.6 Å². The second-order valence-electron chi connectivity index (χ2n) is 5.56. The van der Waals surface area contributed by atoms with Gasteiger partial charge in [0.05, 0.1) is 9.92 Å². The quantitative estimate of drug-likeness (QED) is 0.807. The minimum absolute atomic E-state index is 0. The molecule has 4 nitrogen and oxygen atoms in total. The van der Waals surface area contributed by atoms with Gasteiger partial charge in [-0.1, -0.05) is 11.6 Å². The van der Waals surface area contributed by atoms with Crippen LogP contribution in [-0.2, 0) is 10.0 Å². The number of hydrogen-bond acceptors (Lipinski definition) is 3. The topological polar surface area (TPSA) is 63.4 Å². The first-order chi connectivity index (χ1) is 9.39. The number of rotatable bonds is 2. The lowest BCUT2D eigenvalue weighted by atomic mass is 9.98. The van der Waals surface area contributed by atoms with Crippen LogP contribution in [0.2, 0.25) is 5.02 Å². The molecule has 3 atom stereocenters. The molecule has 1 aromatic rings. The normalized spacial score (nSPS) is 29.2. The summed E-state index contributed by atoms with van der Waals surface area (Å²) in [6.07, 6.45) is 2.03. The average Bonchev–Trinajstić information content (AvgIpc) is 2.96. The van der Waals surface area contributed by atoms with Gasteiger partial charge in [-0.25, -0.2) is 8.42 Å². The Hall–Kier alpha value is 0.150. The van der Waals surface area contributed by atoms with Crippen molar-refractivity contribution in [2.45, 2.75) is 23.8 Å². The Morgan fingerprint density at radius 1 is 1.29 bits per heavy atom. The fourth-order valence-corrected chi connectivity index (χ4v) is 5.30. The van der Waals surface area contributed by atoms with Crippen LogP contribution in [0, 0.1) is 11.8 Å². The lowest BCUT2D eigenvalue weighted by Crippen LogP contribution is -2.33. The lowest BCUT2D eigenvalue weighted by molar-refractivity contribution is 0.427. The van der Waals surface area contributed by atoms with E-state index < -0.39 is 10.0 Å². The highest BCUT2D eigenvalue weighted by atomic mass is 79.9. The summed E-state index contributed by atoms with van der Waals surface area (Å²) in [5.41, 5.74) is 6.06. The standard InChI is InChI=1S/C13H16BrClN2O2S.ClH/c14-11-3-2-9(5-12(11)15)20(18,19)17-6-8-1-4-13(16)10(8)7-17;/h2-3,5,8,10,13H,1,4,6-7,16H2;1H. The maximum atomic E-state index is 12.6. The molecule has 0 spiro atoms. The molecular formula is C13H17BrCl2N2O2S. The maximum Gasteiger partial charge on any atom is 0.243 e. The molecule has 1 aliphatic carbocycles. The number of nitrogens with two attached hydrogens (primary N) is 1. The second-order valence-corrected chi connectivity index (χ2v) is 8.76. The summed E-state index contributed by atoms with van der Waals surface area (Å²) in [6.45, 7) is 1.11. The fraction of sp³-hybridized carbons (Fsp3) is 0.538.